The molecule has 0 unspecified atom stereocenters. The molecule has 0 amide bonds. The Morgan fingerprint density at radius 2 is 2.04 bits per heavy atom. The first-order valence-electron chi connectivity index (χ1n) is 9.11. The highest BCUT2D eigenvalue weighted by molar-refractivity contribution is 7.98. The maximum Gasteiger partial charge on any atom is 0.272 e. The third kappa shape index (κ3) is 3.74. The molecular weight excluding hydrogens is 392 g/mol. The van der Waals surface area contributed by atoms with E-state index in [4.69, 9.17) is 4.98 Å². The summed E-state index contributed by atoms with van der Waals surface area (Å²) in [4.78, 5) is 34.5. The van der Waals surface area contributed by atoms with E-state index in [-0.39, 0.29) is 11.1 Å². The van der Waals surface area contributed by atoms with Gasteiger partial charge in [0, 0.05) is 24.6 Å². The van der Waals surface area contributed by atoms with Gasteiger partial charge in [0.15, 0.2) is 5.16 Å². The van der Waals surface area contributed by atoms with Crippen LogP contribution in [0.2, 0.25) is 0 Å². The minimum absolute atomic E-state index is 0.00897. The summed E-state index contributed by atoms with van der Waals surface area (Å²) in [5, 5.41) is 2.57. The lowest BCUT2D eigenvalue weighted by Gasteiger charge is -2.13. The van der Waals surface area contributed by atoms with Crippen LogP contribution in [0, 0.1) is 5.92 Å². The fraction of sp³-hybridized carbons (Fsp3) is 0.300. The molecule has 0 N–H and O–H groups in total. The van der Waals surface area contributed by atoms with Crippen LogP contribution in [-0.2, 0) is 12.3 Å². The van der Waals surface area contributed by atoms with Gasteiger partial charge in [-0.15, -0.1) is 11.3 Å². The predicted molar refractivity (Wildman–Crippen MR) is 114 cm³/mol. The summed E-state index contributed by atoms with van der Waals surface area (Å²) in [6, 6.07) is 8.88. The second-order valence-corrected chi connectivity index (χ2v) is 8.83. The second kappa shape index (κ2) is 7.89. The van der Waals surface area contributed by atoms with Crippen molar-refractivity contribution in [2.75, 3.05) is 0 Å². The van der Waals surface area contributed by atoms with Crippen LogP contribution in [0.4, 0.5) is 0 Å². The minimum Gasteiger partial charge on any atom is -0.286 e. The molecule has 0 fully saturated rings. The SMILES string of the molecule is CC(C)CCn1c(SCc2cc(=O)n3ccccc3n2)nc2ccsc2c1=O. The molecule has 0 atom stereocenters. The second-order valence-electron chi connectivity index (χ2n) is 6.97. The fourth-order valence-electron chi connectivity index (χ4n) is 2.93. The zero-order chi connectivity index (χ0) is 19.7. The number of hydrogen-bond acceptors (Lipinski definition) is 6. The van der Waals surface area contributed by atoms with Gasteiger partial charge in [-0.2, -0.15) is 0 Å². The van der Waals surface area contributed by atoms with Gasteiger partial charge in [0.1, 0.15) is 10.3 Å². The molecule has 4 heterocycles. The van der Waals surface area contributed by atoms with Gasteiger partial charge in [-0.05, 0) is 35.9 Å². The molecule has 4 aromatic rings. The highest BCUT2D eigenvalue weighted by atomic mass is 32.2. The van der Waals surface area contributed by atoms with E-state index >= 15 is 0 Å². The Morgan fingerprint density at radius 1 is 1.18 bits per heavy atom. The van der Waals surface area contributed by atoms with Crippen LogP contribution >= 0.6 is 23.1 Å². The van der Waals surface area contributed by atoms with Crippen LogP contribution in [0.15, 0.2) is 56.7 Å². The summed E-state index contributed by atoms with van der Waals surface area (Å²) < 4.78 is 3.97. The van der Waals surface area contributed by atoms with Crippen molar-refractivity contribution < 1.29 is 0 Å². The number of thiophene rings is 1. The lowest BCUT2D eigenvalue weighted by Crippen LogP contribution is -2.23. The molecule has 0 aliphatic carbocycles. The summed E-state index contributed by atoms with van der Waals surface area (Å²) in [5.41, 5.74) is 1.92. The first kappa shape index (κ1) is 18.9. The first-order chi connectivity index (χ1) is 13.5. The molecule has 28 heavy (non-hydrogen) atoms. The third-order valence-corrected chi connectivity index (χ3v) is 6.34. The van der Waals surface area contributed by atoms with Crippen LogP contribution in [0.5, 0.6) is 0 Å². The maximum atomic E-state index is 12.9. The average molecular weight is 413 g/mol. The number of thioether (sulfide) groups is 1. The summed E-state index contributed by atoms with van der Waals surface area (Å²) in [6.07, 6.45) is 2.61. The zero-order valence-corrected chi connectivity index (χ0v) is 17.3. The molecule has 0 aromatic carbocycles. The Kier molecular flexibility index (Phi) is 5.32. The van der Waals surface area contributed by atoms with E-state index < -0.39 is 0 Å². The summed E-state index contributed by atoms with van der Waals surface area (Å²) in [7, 11) is 0. The number of pyridine rings is 1. The molecule has 0 aliphatic rings. The highest BCUT2D eigenvalue weighted by Gasteiger charge is 2.14. The summed E-state index contributed by atoms with van der Waals surface area (Å²) in [6.45, 7) is 4.91. The van der Waals surface area contributed by atoms with Gasteiger partial charge >= 0.3 is 0 Å². The number of fused-ring (bicyclic) bond motifs is 2. The quantitative estimate of drug-likeness (QED) is 0.356. The number of hydrogen-bond donors (Lipinski definition) is 0. The van der Waals surface area contributed by atoms with E-state index in [0.29, 0.717) is 39.4 Å². The molecule has 0 spiro atoms. The Morgan fingerprint density at radius 3 is 2.86 bits per heavy atom. The van der Waals surface area contributed by atoms with Crippen molar-refractivity contribution in [3.05, 3.63) is 68.3 Å². The molecule has 0 aliphatic heterocycles. The highest BCUT2D eigenvalue weighted by Crippen LogP contribution is 2.24. The van der Waals surface area contributed by atoms with Crippen molar-refractivity contribution in [3.63, 3.8) is 0 Å². The molecule has 0 radical (unpaired) electrons. The van der Waals surface area contributed by atoms with E-state index in [1.165, 1.54) is 27.5 Å². The summed E-state index contributed by atoms with van der Waals surface area (Å²) in [5.74, 6) is 0.968. The van der Waals surface area contributed by atoms with Crippen LogP contribution in [0.1, 0.15) is 26.0 Å². The molecule has 144 valence electrons. The topological polar surface area (TPSA) is 69.3 Å². The predicted octanol–water partition coefficient (Wildman–Crippen LogP) is 3.80. The summed E-state index contributed by atoms with van der Waals surface area (Å²) >= 11 is 2.87. The van der Waals surface area contributed by atoms with E-state index in [1.54, 1.807) is 22.9 Å². The number of nitrogens with zero attached hydrogens (tertiary/aromatic N) is 4. The van der Waals surface area contributed by atoms with Gasteiger partial charge in [-0.3, -0.25) is 18.6 Å². The normalized spacial score (nSPS) is 11.7. The molecule has 0 saturated carbocycles. The molecule has 4 rings (SSSR count). The van der Waals surface area contributed by atoms with Gasteiger partial charge in [0.05, 0.1) is 11.2 Å². The molecule has 8 heteroatoms. The molecule has 4 aromatic heterocycles. The standard InChI is InChI=1S/C20H20N4O2S2/c1-13(2)6-9-24-19(26)18-15(7-10-27-18)22-20(24)28-12-14-11-17(25)23-8-4-3-5-16(23)21-14/h3-5,7-8,10-11,13H,6,9,12H2,1-2H3. The van der Waals surface area contributed by atoms with E-state index in [9.17, 15) is 9.59 Å². The van der Waals surface area contributed by atoms with Crippen LogP contribution in [0.3, 0.4) is 0 Å². The van der Waals surface area contributed by atoms with Crippen LogP contribution in [-0.4, -0.2) is 18.9 Å². The Balaban J connectivity index is 1.68. The number of rotatable bonds is 6. The Hall–Kier alpha value is -2.45. The monoisotopic (exact) mass is 412 g/mol. The largest absolute Gasteiger partial charge is 0.286 e. The Labute approximate surface area is 169 Å². The molecular formula is C20H20N4O2S2. The van der Waals surface area contributed by atoms with Gasteiger partial charge in [-0.25, -0.2) is 9.97 Å². The number of aromatic nitrogens is 4. The third-order valence-electron chi connectivity index (χ3n) is 4.43. The lowest BCUT2D eigenvalue weighted by molar-refractivity contribution is 0.481. The van der Waals surface area contributed by atoms with Gasteiger partial charge in [-0.1, -0.05) is 31.7 Å². The van der Waals surface area contributed by atoms with Gasteiger partial charge in [0.2, 0.25) is 0 Å². The molecule has 0 saturated heterocycles. The minimum atomic E-state index is -0.111. The fourth-order valence-corrected chi connectivity index (χ4v) is 4.63. The van der Waals surface area contributed by atoms with E-state index in [0.717, 1.165) is 11.9 Å². The molecule has 0 bridgehead atoms. The van der Waals surface area contributed by atoms with E-state index in [2.05, 4.69) is 18.8 Å². The smallest absolute Gasteiger partial charge is 0.272 e. The van der Waals surface area contributed by atoms with Gasteiger partial charge in [0.25, 0.3) is 11.1 Å². The maximum absolute atomic E-state index is 12.9. The van der Waals surface area contributed by atoms with Crippen LogP contribution in [0.25, 0.3) is 15.9 Å². The van der Waals surface area contributed by atoms with Crippen molar-refractivity contribution in [2.24, 2.45) is 5.92 Å². The van der Waals surface area contributed by atoms with Crippen LogP contribution < -0.4 is 11.1 Å². The first-order valence-corrected chi connectivity index (χ1v) is 11.0. The molecule has 6 nitrogen and oxygen atoms in total. The zero-order valence-electron chi connectivity index (χ0n) is 15.7. The van der Waals surface area contributed by atoms with E-state index in [1.807, 2.05) is 23.6 Å². The van der Waals surface area contributed by atoms with Crippen molar-refractivity contribution in [3.8, 4) is 0 Å². The Bertz CT molecular complexity index is 1260. The van der Waals surface area contributed by atoms with Crippen molar-refractivity contribution in [1.29, 1.82) is 0 Å². The van der Waals surface area contributed by atoms with Crippen molar-refractivity contribution >= 4 is 39.0 Å². The van der Waals surface area contributed by atoms with Crippen molar-refractivity contribution in [1.82, 2.24) is 18.9 Å². The lowest BCUT2D eigenvalue weighted by atomic mass is 10.1. The van der Waals surface area contributed by atoms with Gasteiger partial charge < -0.3 is 0 Å². The van der Waals surface area contributed by atoms with Crippen molar-refractivity contribution in [2.45, 2.75) is 37.7 Å². The average Bonchev–Trinajstić information content (AvgIpc) is 3.14.